The molecule has 0 amide bonds. The first kappa shape index (κ1) is 15.5. The first-order chi connectivity index (χ1) is 8.69. The van der Waals surface area contributed by atoms with E-state index in [1.165, 1.54) is 0 Å². The number of terminal acetylenes is 1. The molecule has 0 aromatic rings. The summed E-state index contributed by atoms with van der Waals surface area (Å²) in [5.74, 6) is 2.44. The van der Waals surface area contributed by atoms with Crippen LogP contribution in [0.25, 0.3) is 0 Å². The molecule has 1 aliphatic heterocycles. The minimum absolute atomic E-state index is 0.0748. The van der Waals surface area contributed by atoms with Crippen molar-refractivity contribution >= 4 is 15.9 Å². The molecular weight excluding hydrogens is 292 g/mol. The van der Waals surface area contributed by atoms with Gasteiger partial charge < -0.3 is 9.84 Å². The zero-order chi connectivity index (χ0) is 13.4. The number of rotatable bonds is 6. The summed E-state index contributed by atoms with van der Waals surface area (Å²) in [6.45, 7) is 2.11. The number of halogens is 1. The SMILES string of the molecule is C#C/C=C\C[C@H]1O[C@@H](C(Br)C/C=C/CC)C[C@H]1O. The van der Waals surface area contributed by atoms with Gasteiger partial charge in [-0.3, -0.25) is 0 Å². The van der Waals surface area contributed by atoms with Crippen LogP contribution >= 0.6 is 15.9 Å². The molecule has 100 valence electrons. The number of hydrogen-bond acceptors (Lipinski definition) is 2. The minimum atomic E-state index is -0.396. The Labute approximate surface area is 118 Å². The van der Waals surface area contributed by atoms with Crippen molar-refractivity contribution in [2.24, 2.45) is 0 Å². The number of alkyl halides is 1. The Bertz CT molecular complexity index is 330. The molecule has 1 N–H and O–H groups in total. The third kappa shape index (κ3) is 4.97. The van der Waals surface area contributed by atoms with E-state index < -0.39 is 6.10 Å². The molecule has 1 unspecified atom stereocenters. The topological polar surface area (TPSA) is 29.5 Å². The van der Waals surface area contributed by atoms with Crippen molar-refractivity contribution in [3.8, 4) is 12.3 Å². The molecule has 0 spiro atoms. The van der Waals surface area contributed by atoms with Crippen molar-refractivity contribution in [2.75, 3.05) is 0 Å². The van der Waals surface area contributed by atoms with Gasteiger partial charge in [0.1, 0.15) is 0 Å². The quantitative estimate of drug-likeness (QED) is 0.463. The number of allylic oxidation sites excluding steroid dienone is 3. The molecule has 0 aromatic heterocycles. The smallest absolute Gasteiger partial charge is 0.0873 e. The normalized spacial score (nSPS) is 30.0. The van der Waals surface area contributed by atoms with E-state index in [0.717, 1.165) is 12.8 Å². The average Bonchev–Trinajstić information content (AvgIpc) is 2.72. The predicted octanol–water partition coefficient (Wildman–Crippen LogP) is 3.20. The Morgan fingerprint density at radius 1 is 1.50 bits per heavy atom. The first-order valence-electron chi connectivity index (χ1n) is 6.42. The van der Waals surface area contributed by atoms with Crippen LogP contribution in [0.3, 0.4) is 0 Å². The number of aliphatic hydroxyl groups is 1. The summed E-state index contributed by atoms with van der Waals surface area (Å²) in [5, 5.41) is 9.93. The molecule has 0 bridgehead atoms. The molecule has 1 rings (SSSR count). The summed E-state index contributed by atoms with van der Waals surface area (Å²) in [4.78, 5) is 0.261. The Balaban J connectivity index is 2.40. The van der Waals surface area contributed by atoms with E-state index in [-0.39, 0.29) is 17.0 Å². The molecule has 3 heteroatoms. The number of hydrogen-bond donors (Lipinski definition) is 1. The van der Waals surface area contributed by atoms with Crippen LogP contribution < -0.4 is 0 Å². The molecule has 1 aliphatic rings. The van der Waals surface area contributed by atoms with E-state index >= 15 is 0 Å². The first-order valence-corrected chi connectivity index (χ1v) is 7.34. The summed E-state index contributed by atoms with van der Waals surface area (Å²) in [6, 6.07) is 0. The maximum absolute atomic E-state index is 9.93. The lowest BCUT2D eigenvalue weighted by molar-refractivity contribution is 0.0128. The van der Waals surface area contributed by atoms with E-state index in [2.05, 4.69) is 40.9 Å². The summed E-state index contributed by atoms with van der Waals surface area (Å²) < 4.78 is 5.86. The van der Waals surface area contributed by atoms with Crippen molar-refractivity contribution in [2.45, 2.75) is 55.7 Å². The van der Waals surface area contributed by atoms with Gasteiger partial charge in [-0.1, -0.05) is 47.0 Å². The Hall–Kier alpha value is -0.560. The lowest BCUT2D eigenvalue weighted by Crippen LogP contribution is -2.21. The number of aliphatic hydroxyl groups excluding tert-OH is 1. The molecule has 1 heterocycles. The van der Waals surface area contributed by atoms with Crippen LogP contribution in [-0.4, -0.2) is 28.2 Å². The second-order valence-electron chi connectivity index (χ2n) is 4.45. The number of ether oxygens (including phenoxy) is 1. The van der Waals surface area contributed by atoms with Crippen molar-refractivity contribution in [1.29, 1.82) is 0 Å². The Morgan fingerprint density at radius 3 is 2.94 bits per heavy atom. The second kappa shape index (κ2) is 8.53. The van der Waals surface area contributed by atoms with Crippen LogP contribution in [0.5, 0.6) is 0 Å². The molecule has 18 heavy (non-hydrogen) atoms. The fraction of sp³-hybridized carbons (Fsp3) is 0.600. The maximum Gasteiger partial charge on any atom is 0.0873 e. The fourth-order valence-electron chi connectivity index (χ4n) is 2.02. The van der Waals surface area contributed by atoms with Gasteiger partial charge in [0.15, 0.2) is 0 Å². The average molecular weight is 313 g/mol. The minimum Gasteiger partial charge on any atom is -0.390 e. The van der Waals surface area contributed by atoms with E-state index in [4.69, 9.17) is 11.2 Å². The summed E-state index contributed by atoms with van der Waals surface area (Å²) in [7, 11) is 0. The molecule has 1 fully saturated rings. The van der Waals surface area contributed by atoms with Crippen LogP contribution in [-0.2, 0) is 4.74 Å². The highest BCUT2D eigenvalue weighted by Gasteiger charge is 2.36. The van der Waals surface area contributed by atoms with Gasteiger partial charge in [0.05, 0.1) is 18.3 Å². The lowest BCUT2D eigenvalue weighted by atomic mass is 10.1. The zero-order valence-corrected chi connectivity index (χ0v) is 12.3. The van der Waals surface area contributed by atoms with Crippen LogP contribution in [0.4, 0.5) is 0 Å². The molecule has 2 nitrogen and oxygen atoms in total. The van der Waals surface area contributed by atoms with Gasteiger partial charge in [-0.15, -0.1) is 6.42 Å². The Morgan fingerprint density at radius 2 is 2.28 bits per heavy atom. The van der Waals surface area contributed by atoms with E-state index in [0.29, 0.717) is 12.8 Å². The van der Waals surface area contributed by atoms with Crippen LogP contribution in [0.15, 0.2) is 24.3 Å². The van der Waals surface area contributed by atoms with Gasteiger partial charge >= 0.3 is 0 Å². The standard InChI is InChI=1S/C15H21BrO2/c1-3-5-7-9-12(16)15-11-13(17)14(18-15)10-8-6-4-2/h2,5-8,12-15,17H,3,9-11H2,1H3/b7-5+,8-6-/t12?,13-,14-,15-/m1/s1. The Kier molecular flexibility index (Phi) is 7.34. The van der Waals surface area contributed by atoms with Gasteiger partial charge in [-0.25, -0.2) is 0 Å². The molecule has 0 radical (unpaired) electrons. The van der Waals surface area contributed by atoms with Crippen molar-refractivity contribution in [1.82, 2.24) is 0 Å². The van der Waals surface area contributed by atoms with Crippen molar-refractivity contribution in [3.63, 3.8) is 0 Å². The highest BCUT2D eigenvalue weighted by atomic mass is 79.9. The van der Waals surface area contributed by atoms with Crippen molar-refractivity contribution in [3.05, 3.63) is 24.3 Å². The van der Waals surface area contributed by atoms with Crippen LogP contribution in [0.1, 0.15) is 32.6 Å². The molecule has 0 saturated carbocycles. The van der Waals surface area contributed by atoms with E-state index in [1.54, 1.807) is 6.08 Å². The molecule has 4 atom stereocenters. The van der Waals surface area contributed by atoms with E-state index in [9.17, 15) is 5.11 Å². The maximum atomic E-state index is 9.93. The third-order valence-corrected chi connectivity index (χ3v) is 3.97. The molecular formula is C15H21BrO2. The summed E-state index contributed by atoms with van der Waals surface area (Å²) in [5.41, 5.74) is 0. The summed E-state index contributed by atoms with van der Waals surface area (Å²) >= 11 is 3.63. The largest absolute Gasteiger partial charge is 0.390 e. The molecule has 0 aromatic carbocycles. The predicted molar refractivity (Wildman–Crippen MR) is 78.6 cm³/mol. The molecule has 1 saturated heterocycles. The fourth-order valence-corrected chi connectivity index (χ4v) is 2.58. The van der Waals surface area contributed by atoms with E-state index in [1.807, 2.05) is 6.08 Å². The van der Waals surface area contributed by atoms with Gasteiger partial charge in [0.25, 0.3) is 0 Å². The van der Waals surface area contributed by atoms with Gasteiger partial charge in [0.2, 0.25) is 0 Å². The van der Waals surface area contributed by atoms with Gasteiger partial charge in [0, 0.05) is 11.2 Å². The third-order valence-electron chi connectivity index (χ3n) is 3.00. The van der Waals surface area contributed by atoms with Crippen molar-refractivity contribution < 1.29 is 9.84 Å². The lowest BCUT2D eigenvalue weighted by Gasteiger charge is -2.16. The summed E-state index contributed by atoms with van der Waals surface area (Å²) in [6.07, 6.45) is 15.8. The van der Waals surface area contributed by atoms with Gasteiger partial charge in [-0.05, 0) is 25.3 Å². The van der Waals surface area contributed by atoms with Crippen LogP contribution in [0.2, 0.25) is 0 Å². The highest BCUT2D eigenvalue weighted by molar-refractivity contribution is 9.09. The highest BCUT2D eigenvalue weighted by Crippen LogP contribution is 2.29. The molecule has 0 aliphatic carbocycles. The van der Waals surface area contributed by atoms with Crippen LogP contribution in [0, 0.1) is 12.3 Å². The van der Waals surface area contributed by atoms with Gasteiger partial charge in [-0.2, -0.15) is 0 Å². The second-order valence-corrected chi connectivity index (χ2v) is 5.63. The monoisotopic (exact) mass is 312 g/mol. The zero-order valence-electron chi connectivity index (χ0n) is 10.8.